The second-order valence-electron chi connectivity index (χ2n) is 3.29. The summed E-state index contributed by atoms with van der Waals surface area (Å²) in [5.41, 5.74) is 0.320. The molecule has 0 spiro atoms. The summed E-state index contributed by atoms with van der Waals surface area (Å²) >= 11 is 3.18. The first kappa shape index (κ1) is 15.0. The predicted octanol–water partition coefficient (Wildman–Crippen LogP) is 3.22. The first-order valence-corrected chi connectivity index (χ1v) is 5.74. The third-order valence-corrected chi connectivity index (χ3v) is 2.49. The van der Waals surface area contributed by atoms with E-state index in [1.54, 1.807) is 18.2 Å². The van der Waals surface area contributed by atoms with Crippen LogP contribution in [0.4, 0.5) is 13.2 Å². The molecular formula is C11H10BrF3O3. The maximum Gasteiger partial charge on any atom is 0.411 e. The van der Waals surface area contributed by atoms with Crippen molar-refractivity contribution in [3.05, 3.63) is 28.2 Å². The fourth-order valence-electron chi connectivity index (χ4n) is 1.16. The molecule has 0 aromatic heterocycles. The van der Waals surface area contributed by atoms with Gasteiger partial charge in [0.2, 0.25) is 0 Å². The molecule has 0 saturated heterocycles. The third-order valence-electron chi connectivity index (χ3n) is 1.86. The van der Waals surface area contributed by atoms with Crippen LogP contribution in [-0.2, 0) is 4.74 Å². The highest BCUT2D eigenvalue weighted by atomic mass is 79.9. The molecule has 0 radical (unpaired) electrons. The van der Waals surface area contributed by atoms with Crippen molar-refractivity contribution in [3.8, 4) is 5.75 Å². The van der Waals surface area contributed by atoms with Gasteiger partial charge in [0.25, 0.3) is 0 Å². The fourth-order valence-corrected chi connectivity index (χ4v) is 1.66. The number of halogens is 4. The Kier molecular flexibility index (Phi) is 5.61. The highest BCUT2D eigenvalue weighted by Gasteiger charge is 2.27. The van der Waals surface area contributed by atoms with Crippen molar-refractivity contribution in [1.82, 2.24) is 0 Å². The lowest BCUT2D eigenvalue weighted by atomic mass is 10.2. The Balaban J connectivity index is 2.42. The van der Waals surface area contributed by atoms with Gasteiger partial charge >= 0.3 is 6.18 Å². The van der Waals surface area contributed by atoms with Gasteiger partial charge < -0.3 is 9.47 Å². The number of para-hydroxylation sites is 1. The van der Waals surface area contributed by atoms with Crippen LogP contribution >= 0.6 is 15.9 Å². The second-order valence-corrected chi connectivity index (χ2v) is 4.15. The van der Waals surface area contributed by atoms with Crippen molar-refractivity contribution in [3.63, 3.8) is 0 Å². The van der Waals surface area contributed by atoms with E-state index in [0.29, 0.717) is 22.1 Å². The van der Waals surface area contributed by atoms with E-state index in [0.717, 1.165) is 0 Å². The molecule has 100 valence electrons. The van der Waals surface area contributed by atoms with E-state index in [-0.39, 0.29) is 13.2 Å². The van der Waals surface area contributed by atoms with Gasteiger partial charge in [0.1, 0.15) is 19.0 Å². The predicted molar refractivity (Wildman–Crippen MR) is 61.9 cm³/mol. The summed E-state index contributed by atoms with van der Waals surface area (Å²) < 4.78 is 45.4. The average molecular weight is 327 g/mol. The first-order valence-electron chi connectivity index (χ1n) is 4.95. The quantitative estimate of drug-likeness (QED) is 0.594. The number of alkyl halides is 3. The van der Waals surface area contributed by atoms with E-state index in [4.69, 9.17) is 4.74 Å². The van der Waals surface area contributed by atoms with E-state index in [9.17, 15) is 18.0 Å². The van der Waals surface area contributed by atoms with Crippen LogP contribution in [0.15, 0.2) is 22.7 Å². The molecule has 0 aliphatic carbocycles. The van der Waals surface area contributed by atoms with E-state index in [1.807, 2.05) is 0 Å². The Morgan fingerprint density at radius 1 is 1.28 bits per heavy atom. The number of aldehydes is 1. The van der Waals surface area contributed by atoms with Gasteiger partial charge in [-0.15, -0.1) is 0 Å². The number of carbonyl (C=O) groups excluding carboxylic acids is 1. The van der Waals surface area contributed by atoms with Crippen LogP contribution in [0.1, 0.15) is 10.4 Å². The monoisotopic (exact) mass is 326 g/mol. The highest BCUT2D eigenvalue weighted by molar-refractivity contribution is 9.10. The molecule has 1 rings (SSSR count). The molecule has 0 heterocycles. The van der Waals surface area contributed by atoms with Crippen molar-refractivity contribution in [1.29, 1.82) is 0 Å². The van der Waals surface area contributed by atoms with Gasteiger partial charge in [-0.05, 0) is 28.1 Å². The second kappa shape index (κ2) is 6.75. The van der Waals surface area contributed by atoms with Crippen molar-refractivity contribution in [2.75, 3.05) is 19.8 Å². The van der Waals surface area contributed by atoms with Crippen molar-refractivity contribution < 1.29 is 27.4 Å². The van der Waals surface area contributed by atoms with Crippen molar-refractivity contribution in [2.24, 2.45) is 0 Å². The molecule has 0 atom stereocenters. The van der Waals surface area contributed by atoms with E-state index < -0.39 is 12.8 Å². The number of hydrogen-bond donors (Lipinski definition) is 0. The molecule has 0 bridgehead atoms. The standard InChI is InChI=1S/C11H10BrF3O3/c12-9-3-1-2-8(6-16)10(9)18-5-4-17-7-11(13,14)15/h1-3,6H,4-5,7H2. The van der Waals surface area contributed by atoms with E-state index in [1.165, 1.54) is 0 Å². The molecule has 0 saturated carbocycles. The third kappa shape index (κ3) is 5.05. The first-order chi connectivity index (χ1) is 8.44. The summed E-state index contributed by atoms with van der Waals surface area (Å²) in [6.07, 6.45) is -3.74. The molecule has 3 nitrogen and oxygen atoms in total. The zero-order valence-corrected chi connectivity index (χ0v) is 10.8. The molecule has 7 heteroatoms. The van der Waals surface area contributed by atoms with Gasteiger partial charge in [-0.3, -0.25) is 4.79 Å². The lowest BCUT2D eigenvalue weighted by molar-refractivity contribution is -0.175. The normalized spacial score (nSPS) is 11.3. The summed E-state index contributed by atoms with van der Waals surface area (Å²) in [6.45, 7) is -1.59. The van der Waals surface area contributed by atoms with Crippen LogP contribution in [-0.4, -0.2) is 32.3 Å². The lowest BCUT2D eigenvalue weighted by Gasteiger charge is -2.11. The Labute approximate surface area is 110 Å². The Morgan fingerprint density at radius 3 is 2.61 bits per heavy atom. The van der Waals surface area contributed by atoms with Gasteiger partial charge in [0.15, 0.2) is 6.29 Å². The summed E-state index contributed by atoms with van der Waals surface area (Å²) in [5.74, 6) is 0.295. The topological polar surface area (TPSA) is 35.5 Å². The minimum atomic E-state index is -4.35. The zero-order valence-electron chi connectivity index (χ0n) is 9.17. The number of ether oxygens (including phenoxy) is 2. The van der Waals surface area contributed by atoms with E-state index >= 15 is 0 Å². The Hall–Kier alpha value is -1.08. The van der Waals surface area contributed by atoms with Crippen LogP contribution in [0.25, 0.3) is 0 Å². The van der Waals surface area contributed by atoms with Crippen LogP contribution in [0, 0.1) is 0 Å². The molecule has 0 amide bonds. The van der Waals surface area contributed by atoms with Gasteiger partial charge in [0, 0.05) is 0 Å². The smallest absolute Gasteiger partial charge is 0.411 e. The zero-order chi connectivity index (χ0) is 13.6. The van der Waals surface area contributed by atoms with Crippen LogP contribution < -0.4 is 4.74 Å². The molecule has 1 aromatic rings. The molecule has 0 aliphatic rings. The highest BCUT2D eigenvalue weighted by Crippen LogP contribution is 2.27. The minimum absolute atomic E-state index is 0.0699. The molecule has 18 heavy (non-hydrogen) atoms. The number of rotatable bonds is 6. The summed E-state index contributed by atoms with van der Waals surface area (Å²) in [7, 11) is 0. The molecular weight excluding hydrogens is 317 g/mol. The molecule has 1 aromatic carbocycles. The van der Waals surface area contributed by atoms with Crippen LogP contribution in [0.2, 0.25) is 0 Å². The van der Waals surface area contributed by atoms with E-state index in [2.05, 4.69) is 20.7 Å². The minimum Gasteiger partial charge on any atom is -0.489 e. The largest absolute Gasteiger partial charge is 0.489 e. The Morgan fingerprint density at radius 2 is 2.00 bits per heavy atom. The SMILES string of the molecule is O=Cc1cccc(Br)c1OCCOCC(F)(F)F. The van der Waals surface area contributed by atoms with Crippen LogP contribution in [0.5, 0.6) is 5.75 Å². The fraction of sp³-hybridized carbons (Fsp3) is 0.364. The molecule has 0 aliphatic heterocycles. The lowest BCUT2D eigenvalue weighted by Crippen LogP contribution is -2.19. The maximum absolute atomic E-state index is 11.8. The molecule has 0 N–H and O–H groups in total. The number of benzene rings is 1. The average Bonchev–Trinajstić information content (AvgIpc) is 2.29. The maximum atomic E-state index is 11.8. The van der Waals surface area contributed by atoms with Gasteiger partial charge in [0.05, 0.1) is 16.6 Å². The van der Waals surface area contributed by atoms with Gasteiger partial charge in [-0.25, -0.2) is 0 Å². The summed E-state index contributed by atoms with van der Waals surface area (Å²) in [6, 6.07) is 4.86. The summed E-state index contributed by atoms with van der Waals surface area (Å²) in [4.78, 5) is 10.7. The van der Waals surface area contributed by atoms with Gasteiger partial charge in [-0.2, -0.15) is 13.2 Å². The Bertz CT molecular complexity index is 407. The molecule has 0 unspecified atom stereocenters. The number of hydrogen-bond acceptors (Lipinski definition) is 3. The van der Waals surface area contributed by atoms with Crippen molar-refractivity contribution >= 4 is 22.2 Å². The molecule has 0 fully saturated rings. The van der Waals surface area contributed by atoms with Crippen LogP contribution in [0.3, 0.4) is 0 Å². The summed E-state index contributed by atoms with van der Waals surface area (Å²) in [5, 5.41) is 0. The number of carbonyl (C=O) groups is 1. The van der Waals surface area contributed by atoms with Crippen molar-refractivity contribution in [2.45, 2.75) is 6.18 Å². The van der Waals surface area contributed by atoms with Gasteiger partial charge in [-0.1, -0.05) is 6.07 Å².